The van der Waals surface area contributed by atoms with Gasteiger partial charge in [-0.05, 0) is 20.0 Å². The van der Waals surface area contributed by atoms with Crippen LogP contribution in [0.15, 0.2) is 0 Å². The number of carbonyl (C=O) groups excluding carboxylic acids is 1. The van der Waals surface area contributed by atoms with Gasteiger partial charge in [-0.25, -0.2) is 0 Å². The Balaban J connectivity index is 1.95. The molecule has 0 unspecified atom stereocenters. The summed E-state index contributed by atoms with van der Waals surface area (Å²) in [7, 11) is 1.87. The van der Waals surface area contributed by atoms with Crippen LogP contribution in [-0.2, 0) is 14.3 Å². The summed E-state index contributed by atoms with van der Waals surface area (Å²) in [5, 5.41) is 2.97. The summed E-state index contributed by atoms with van der Waals surface area (Å²) in [6.07, 6.45) is 1.35. The number of esters is 1. The Morgan fingerprint density at radius 1 is 1.67 bits per heavy atom. The van der Waals surface area contributed by atoms with Crippen LogP contribution in [0.1, 0.15) is 12.8 Å². The Labute approximate surface area is 72.2 Å². The molecule has 0 saturated carbocycles. The Kier molecular flexibility index (Phi) is 4.04. The normalized spacial score (nSPS) is 17.1. The largest absolute Gasteiger partial charge is 0.457 e. The summed E-state index contributed by atoms with van der Waals surface area (Å²) in [4.78, 5) is 11.0. The molecule has 0 amide bonds. The van der Waals surface area contributed by atoms with Gasteiger partial charge in [0.25, 0.3) is 0 Å². The Morgan fingerprint density at radius 3 is 2.92 bits per heavy atom. The van der Waals surface area contributed by atoms with E-state index in [0.29, 0.717) is 19.6 Å². The summed E-state index contributed by atoms with van der Waals surface area (Å²) < 4.78 is 9.91. The number of carbonyl (C=O) groups is 1. The van der Waals surface area contributed by atoms with Crippen LogP contribution in [0.4, 0.5) is 0 Å². The Hall–Kier alpha value is -0.610. The lowest BCUT2D eigenvalue weighted by molar-refractivity contribution is -0.172. The van der Waals surface area contributed by atoms with Crippen LogP contribution in [0.25, 0.3) is 0 Å². The Bertz CT molecular complexity index is 145. The second-order valence-corrected chi connectivity index (χ2v) is 2.86. The molecule has 0 spiro atoms. The van der Waals surface area contributed by atoms with E-state index in [9.17, 15) is 4.79 Å². The first-order chi connectivity index (χ1) is 5.83. The maximum Gasteiger partial charge on any atom is 0.306 e. The van der Waals surface area contributed by atoms with Crippen molar-refractivity contribution in [1.82, 2.24) is 5.32 Å². The fraction of sp³-hybridized carbons (Fsp3) is 0.875. The third-order valence-corrected chi connectivity index (χ3v) is 1.71. The van der Waals surface area contributed by atoms with Crippen molar-refractivity contribution in [2.45, 2.75) is 18.9 Å². The van der Waals surface area contributed by atoms with Gasteiger partial charge in [-0.1, -0.05) is 0 Å². The van der Waals surface area contributed by atoms with E-state index in [1.165, 1.54) is 0 Å². The quantitative estimate of drug-likeness (QED) is 0.467. The lowest BCUT2D eigenvalue weighted by Gasteiger charge is -2.25. The van der Waals surface area contributed by atoms with Crippen molar-refractivity contribution in [2.24, 2.45) is 0 Å². The summed E-state index contributed by atoms with van der Waals surface area (Å²) in [5.74, 6) is -0.112. The molecule has 1 fully saturated rings. The van der Waals surface area contributed by atoms with Crippen LogP contribution in [0.3, 0.4) is 0 Å². The van der Waals surface area contributed by atoms with Crippen molar-refractivity contribution in [3.05, 3.63) is 0 Å². The molecule has 0 atom stereocenters. The molecule has 0 radical (unpaired) electrons. The van der Waals surface area contributed by atoms with Crippen molar-refractivity contribution in [1.29, 1.82) is 0 Å². The second kappa shape index (κ2) is 5.11. The standard InChI is InChI=1S/C8H15NO3/c1-9-4-2-3-8(10)12-7-5-11-6-7/h7,9H,2-6H2,1H3. The lowest BCUT2D eigenvalue weighted by Crippen LogP contribution is -2.37. The molecule has 12 heavy (non-hydrogen) atoms. The van der Waals surface area contributed by atoms with E-state index in [4.69, 9.17) is 9.47 Å². The average Bonchev–Trinajstić information content (AvgIpc) is 1.98. The summed E-state index contributed by atoms with van der Waals surface area (Å²) in [6, 6.07) is 0. The van der Waals surface area contributed by atoms with Crippen molar-refractivity contribution in [3.63, 3.8) is 0 Å². The SMILES string of the molecule is CNCCCC(=O)OC1COC1. The van der Waals surface area contributed by atoms with E-state index in [0.717, 1.165) is 13.0 Å². The predicted octanol–water partition coefficient (Wildman–Crippen LogP) is -0.0720. The molecule has 1 saturated heterocycles. The van der Waals surface area contributed by atoms with E-state index in [-0.39, 0.29) is 12.1 Å². The van der Waals surface area contributed by atoms with Crippen molar-refractivity contribution >= 4 is 5.97 Å². The first kappa shape index (κ1) is 9.48. The van der Waals surface area contributed by atoms with Crippen LogP contribution in [0.5, 0.6) is 0 Å². The van der Waals surface area contributed by atoms with Gasteiger partial charge in [-0.15, -0.1) is 0 Å². The molecule has 1 aliphatic heterocycles. The molecule has 4 nitrogen and oxygen atoms in total. The van der Waals surface area contributed by atoms with Crippen LogP contribution in [0.2, 0.25) is 0 Å². The van der Waals surface area contributed by atoms with E-state index < -0.39 is 0 Å². The summed E-state index contributed by atoms with van der Waals surface area (Å²) in [6.45, 7) is 1.99. The molecule has 1 N–H and O–H groups in total. The molecular formula is C8H15NO3. The van der Waals surface area contributed by atoms with Gasteiger partial charge in [0.15, 0.2) is 0 Å². The van der Waals surface area contributed by atoms with Gasteiger partial charge in [0.1, 0.15) is 6.10 Å². The predicted molar refractivity (Wildman–Crippen MR) is 43.9 cm³/mol. The minimum absolute atomic E-state index is 0.0204. The van der Waals surface area contributed by atoms with E-state index >= 15 is 0 Å². The highest BCUT2D eigenvalue weighted by Gasteiger charge is 2.21. The molecule has 70 valence electrons. The fourth-order valence-electron chi connectivity index (χ4n) is 0.936. The molecule has 4 heteroatoms. The Morgan fingerprint density at radius 2 is 2.42 bits per heavy atom. The first-order valence-electron chi connectivity index (χ1n) is 4.24. The molecular weight excluding hydrogens is 158 g/mol. The number of nitrogens with one attached hydrogen (secondary N) is 1. The molecule has 1 rings (SSSR count). The van der Waals surface area contributed by atoms with Crippen LogP contribution < -0.4 is 5.32 Å². The number of hydrogen-bond donors (Lipinski definition) is 1. The molecule has 0 aromatic rings. The highest BCUT2D eigenvalue weighted by molar-refractivity contribution is 5.69. The highest BCUT2D eigenvalue weighted by Crippen LogP contribution is 2.06. The number of hydrogen-bond acceptors (Lipinski definition) is 4. The van der Waals surface area contributed by atoms with E-state index in [2.05, 4.69) is 5.32 Å². The highest BCUT2D eigenvalue weighted by atomic mass is 16.6. The van der Waals surface area contributed by atoms with Gasteiger partial charge in [0, 0.05) is 6.42 Å². The summed E-state index contributed by atoms with van der Waals surface area (Å²) >= 11 is 0. The van der Waals surface area contributed by atoms with Crippen molar-refractivity contribution < 1.29 is 14.3 Å². The van der Waals surface area contributed by atoms with Gasteiger partial charge in [0.05, 0.1) is 13.2 Å². The minimum atomic E-state index is -0.112. The smallest absolute Gasteiger partial charge is 0.306 e. The molecule has 1 aliphatic rings. The fourth-order valence-corrected chi connectivity index (χ4v) is 0.936. The lowest BCUT2D eigenvalue weighted by atomic mass is 10.3. The van der Waals surface area contributed by atoms with E-state index in [1.807, 2.05) is 7.05 Å². The summed E-state index contributed by atoms with van der Waals surface area (Å²) in [5.41, 5.74) is 0. The molecule has 0 aromatic heterocycles. The van der Waals surface area contributed by atoms with Gasteiger partial charge >= 0.3 is 5.97 Å². The molecule has 0 bridgehead atoms. The first-order valence-corrected chi connectivity index (χ1v) is 4.24. The zero-order chi connectivity index (χ0) is 8.81. The number of ether oxygens (including phenoxy) is 2. The van der Waals surface area contributed by atoms with Crippen molar-refractivity contribution in [3.8, 4) is 0 Å². The van der Waals surface area contributed by atoms with Crippen LogP contribution in [-0.4, -0.2) is 38.9 Å². The average molecular weight is 173 g/mol. The molecule has 0 aliphatic carbocycles. The third kappa shape index (κ3) is 3.19. The maximum absolute atomic E-state index is 11.0. The topological polar surface area (TPSA) is 47.6 Å². The molecule has 1 heterocycles. The van der Waals surface area contributed by atoms with Gasteiger partial charge < -0.3 is 14.8 Å². The van der Waals surface area contributed by atoms with Crippen LogP contribution in [0, 0.1) is 0 Å². The zero-order valence-corrected chi connectivity index (χ0v) is 7.34. The monoisotopic (exact) mass is 173 g/mol. The maximum atomic E-state index is 11.0. The van der Waals surface area contributed by atoms with Crippen LogP contribution >= 0.6 is 0 Å². The van der Waals surface area contributed by atoms with E-state index in [1.54, 1.807) is 0 Å². The van der Waals surface area contributed by atoms with Crippen molar-refractivity contribution in [2.75, 3.05) is 26.8 Å². The van der Waals surface area contributed by atoms with Gasteiger partial charge in [0.2, 0.25) is 0 Å². The molecule has 0 aromatic carbocycles. The minimum Gasteiger partial charge on any atom is -0.457 e. The van der Waals surface area contributed by atoms with Gasteiger partial charge in [-0.3, -0.25) is 4.79 Å². The second-order valence-electron chi connectivity index (χ2n) is 2.86. The zero-order valence-electron chi connectivity index (χ0n) is 7.34. The number of rotatable bonds is 5. The van der Waals surface area contributed by atoms with Gasteiger partial charge in [-0.2, -0.15) is 0 Å². The third-order valence-electron chi connectivity index (χ3n) is 1.71.